The Hall–Kier alpha value is -8.74. The molecular formula is C44H44N12O15S2. The molecule has 382 valence electrons. The van der Waals surface area contributed by atoms with Gasteiger partial charge in [-0.3, -0.25) is 14.1 Å². The highest BCUT2D eigenvalue weighted by Crippen LogP contribution is 2.30. The number of carboxylic acids is 4. The maximum absolute atomic E-state index is 12.8. The van der Waals surface area contributed by atoms with Crippen LogP contribution in [0.5, 0.6) is 0 Å². The number of para-hydroxylation sites is 2. The molecular weight excluding hydrogens is 1000 g/mol. The maximum Gasteiger partial charge on any atom is 0.326 e. The van der Waals surface area contributed by atoms with Gasteiger partial charge in [0.15, 0.2) is 11.1 Å². The molecule has 0 saturated heterocycles. The van der Waals surface area contributed by atoms with E-state index < -0.39 is 87.5 Å². The van der Waals surface area contributed by atoms with Gasteiger partial charge in [-0.25, -0.2) is 13.8 Å². The number of carbonyl (C=O) groups is 4. The monoisotopic (exact) mass is 1040 g/mol. The minimum Gasteiger partial charge on any atom is -0.481 e. The van der Waals surface area contributed by atoms with Gasteiger partial charge in [0, 0.05) is 35.8 Å². The first-order chi connectivity index (χ1) is 34.8. The van der Waals surface area contributed by atoms with Crippen LogP contribution in [-0.2, 0) is 40.4 Å². The minimum atomic E-state index is -5.02. The zero-order chi connectivity index (χ0) is 52.8. The zero-order valence-electron chi connectivity index (χ0n) is 37.6. The Morgan fingerprint density at radius 2 is 1.00 bits per heavy atom. The Morgan fingerprint density at radius 1 is 0.589 bits per heavy atom. The normalized spacial score (nSPS) is 12.5. The summed E-state index contributed by atoms with van der Waals surface area (Å²) in [6.07, 6.45) is 0.768. The van der Waals surface area contributed by atoms with Gasteiger partial charge in [-0.15, -0.1) is 0 Å². The zero-order valence-corrected chi connectivity index (χ0v) is 39.3. The van der Waals surface area contributed by atoms with Crippen LogP contribution in [0.25, 0.3) is 12.2 Å². The van der Waals surface area contributed by atoms with Crippen LogP contribution in [0.1, 0.15) is 24.0 Å². The number of carboxylic acid groups (broad SMARTS) is 4. The number of hydrogen-bond donors (Lipinski definition) is 12. The fourth-order valence-electron chi connectivity index (χ4n) is 6.69. The number of nitrogens with zero attached hydrogens (tertiary/aromatic N) is 8. The smallest absolute Gasteiger partial charge is 0.326 e. The Kier molecular flexibility index (Phi) is 17.9. The second-order valence-electron chi connectivity index (χ2n) is 15.1. The van der Waals surface area contributed by atoms with Crippen LogP contribution < -0.4 is 31.1 Å². The van der Waals surface area contributed by atoms with Crippen LogP contribution in [0.4, 0.5) is 58.4 Å². The van der Waals surface area contributed by atoms with E-state index in [0.717, 1.165) is 6.07 Å². The van der Waals surface area contributed by atoms with Crippen LogP contribution in [-0.4, -0.2) is 145 Å². The summed E-state index contributed by atoms with van der Waals surface area (Å²) in [5.41, 5.74) is 1.01. The van der Waals surface area contributed by atoms with E-state index in [1.807, 2.05) is 0 Å². The number of nitrogens with one attached hydrogen (secondary N) is 4. The molecule has 0 saturated carbocycles. The molecule has 0 fully saturated rings. The third-order valence-corrected chi connectivity index (χ3v) is 11.6. The number of aliphatic carboxylic acids is 4. The quantitative estimate of drug-likeness (QED) is 0.0210. The van der Waals surface area contributed by atoms with Crippen LogP contribution in [0.2, 0.25) is 0 Å². The van der Waals surface area contributed by atoms with E-state index in [1.165, 1.54) is 52.3 Å². The van der Waals surface area contributed by atoms with E-state index in [1.54, 1.807) is 60.7 Å². The van der Waals surface area contributed by atoms with Crippen LogP contribution >= 0.6 is 0 Å². The molecule has 12 N–H and O–H groups in total. The van der Waals surface area contributed by atoms with Gasteiger partial charge >= 0.3 is 23.9 Å². The third kappa shape index (κ3) is 14.9. The van der Waals surface area contributed by atoms with Crippen molar-refractivity contribution in [2.45, 2.75) is 34.7 Å². The van der Waals surface area contributed by atoms with Crippen molar-refractivity contribution in [3.05, 3.63) is 108 Å². The molecule has 0 spiro atoms. The molecule has 0 bridgehead atoms. The van der Waals surface area contributed by atoms with E-state index in [4.69, 9.17) is 0 Å². The molecule has 27 nitrogen and oxygen atoms in total. The first-order valence-electron chi connectivity index (χ1n) is 21.2. The number of aromatic nitrogens is 6. The van der Waals surface area contributed by atoms with Gasteiger partial charge in [-0.2, -0.15) is 38.3 Å². The molecule has 0 aliphatic carbocycles. The lowest BCUT2D eigenvalue weighted by atomic mass is 10.1. The fourth-order valence-corrected chi connectivity index (χ4v) is 7.97. The standard InChI is InChI=1S/C44H44N12O15S2/c57-19-17-55(29-7-3-1-4-8-29)43-51-39(49-41(53-43)47-31(37(63)64)23-35(59)60)45-27-15-13-25(33(21-27)72(67)68)11-12-26-14-16-28(22-34(26)73(69,70)71)46-40-50-42(48-32(38(65)66)24-36(61)62)54-44(52-40)56(18-20-58)30-9-5-2-6-10-30/h1-16,21-22,31-32,57-58H,17-20,23-24H2,(H,59,60)(H,61,62)(H,63,64)(H,65,66)(H,67,68)(H,69,70,71)(H2,45,47,49,51,53)(H2,46,48,50,52,54)/b12-11+. The van der Waals surface area contributed by atoms with Crippen LogP contribution in [0, 0.1) is 0 Å². The van der Waals surface area contributed by atoms with Gasteiger partial charge in [0.2, 0.25) is 35.7 Å². The van der Waals surface area contributed by atoms with E-state index in [2.05, 4.69) is 51.2 Å². The lowest BCUT2D eigenvalue weighted by molar-refractivity contribution is -0.144. The van der Waals surface area contributed by atoms with Gasteiger partial charge in [-0.1, -0.05) is 60.7 Å². The fraction of sp³-hybridized carbons (Fsp3) is 0.182. The molecule has 2 heterocycles. The molecule has 2 aromatic heterocycles. The summed E-state index contributed by atoms with van der Waals surface area (Å²) in [7, 11) is -5.02. The summed E-state index contributed by atoms with van der Waals surface area (Å²) in [5, 5.41) is 68.4. The van der Waals surface area contributed by atoms with Crippen molar-refractivity contribution in [1.29, 1.82) is 0 Å². The molecule has 4 aromatic carbocycles. The molecule has 73 heavy (non-hydrogen) atoms. The van der Waals surface area contributed by atoms with Crippen LogP contribution in [0.3, 0.4) is 0 Å². The molecule has 0 amide bonds. The second-order valence-corrected chi connectivity index (χ2v) is 17.4. The highest BCUT2D eigenvalue weighted by atomic mass is 32.2. The lowest BCUT2D eigenvalue weighted by Crippen LogP contribution is -2.33. The molecule has 29 heteroatoms. The van der Waals surface area contributed by atoms with Gasteiger partial charge in [0.05, 0.1) is 31.0 Å². The van der Waals surface area contributed by atoms with E-state index >= 15 is 0 Å². The topological polar surface area (TPSA) is 413 Å². The van der Waals surface area contributed by atoms with Crippen molar-refractivity contribution in [1.82, 2.24) is 29.9 Å². The summed E-state index contributed by atoms with van der Waals surface area (Å²) in [4.78, 5) is 74.5. The van der Waals surface area contributed by atoms with Crippen molar-refractivity contribution >= 4 is 116 Å². The Bertz CT molecular complexity index is 3140. The Labute approximate surface area is 416 Å². The highest BCUT2D eigenvalue weighted by molar-refractivity contribution is 7.86. The van der Waals surface area contributed by atoms with Crippen molar-refractivity contribution in [2.24, 2.45) is 0 Å². The second kappa shape index (κ2) is 24.4. The van der Waals surface area contributed by atoms with E-state index in [9.17, 15) is 71.5 Å². The molecule has 0 aliphatic heterocycles. The largest absolute Gasteiger partial charge is 0.481 e. The molecule has 3 unspecified atom stereocenters. The molecule has 6 rings (SSSR count). The number of rotatable bonds is 26. The maximum atomic E-state index is 12.8. The third-order valence-electron chi connectivity index (χ3n) is 9.92. The number of hydrogen-bond acceptors (Lipinski definition) is 21. The van der Waals surface area contributed by atoms with Crippen LogP contribution in [0.15, 0.2) is 107 Å². The summed E-state index contributed by atoms with van der Waals surface area (Å²) >= 11 is -2.70. The molecule has 3 atom stereocenters. The van der Waals surface area contributed by atoms with E-state index in [-0.39, 0.29) is 76.8 Å². The first kappa shape index (κ1) is 53.6. The van der Waals surface area contributed by atoms with Crippen molar-refractivity contribution in [2.75, 3.05) is 57.4 Å². The van der Waals surface area contributed by atoms with Gasteiger partial charge in [0.1, 0.15) is 17.0 Å². The average Bonchev–Trinajstić information content (AvgIpc) is 3.34. The summed E-state index contributed by atoms with van der Waals surface area (Å²) in [6, 6.07) is 21.2. The highest BCUT2D eigenvalue weighted by Gasteiger charge is 2.26. The molecule has 0 radical (unpaired) electrons. The summed E-state index contributed by atoms with van der Waals surface area (Å²) < 4.78 is 59.2. The first-order valence-corrected chi connectivity index (χ1v) is 23.8. The van der Waals surface area contributed by atoms with Crippen molar-refractivity contribution < 1.29 is 71.5 Å². The molecule has 0 aliphatic rings. The minimum absolute atomic E-state index is 0.0438. The summed E-state index contributed by atoms with van der Waals surface area (Å²) in [5.74, 6) is -7.58. The average molecular weight is 1050 g/mol. The Morgan fingerprint density at radius 3 is 1.40 bits per heavy atom. The SMILES string of the molecule is O=C(O)CC(Nc1nc(Nc2ccc(/C=C/c3ccc(Nc4nc(NC(CC(=O)O)C(=O)O)nc(N(CCO)c5ccccc5)n4)cc3S(=O)(=O)O)c(S(=O)O)c2)nc(N(CCO)c2ccccc2)n1)C(=O)O. The number of aliphatic hydroxyl groups is 2. The van der Waals surface area contributed by atoms with Gasteiger partial charge in [0.25, 0.3) is 10.1 Å². The van der Waals surface area contributed by atoms with Gasteiger partial charge in [-0.05, 0) is 59.7 Å². The number of aliphatic hydroxyl groups excluding tert-OH is 2. The van der Waals surface area contributed by atoms with Crippen molar-refractivity contribution in [3.8, 4) is 0 Å². The van der Waals surface area contributed by atoms with Crippen molar-refractivity contribution in [3.63, 3.8) is 0 Å². The Balaban J connectivity index is 1.33. The number of benzene rings is 4. The lowest BCUT2D eigenvalue weighted by Gasteiger charge is -2.23. The predicted molar refractivity (Wildman–Crippen MR) is 263 cm³/mol. The summed E-state index contributed by atoms with van der Waals surface area (Å²) in [6.45, 7) is -0.904. The molecule has 6 aromatic rings. The number of anilines is 10. The van der Waals surface area contributed by atoms with Gasteiger partial charge < -0.3 is 66.3 Å². The van der Waals surface area contributed by atoms with E-state index in [0.29, 0.717) is 11.4 Å². The predicted octanol–water partition coefficient (Wildman–Crippen LogP) is 3.48.